The number of aromatic amines is 2. The van der Waals surface area contributed by atoms with Crippen LogP contribution in [0.3, 0.4) is 0 Å². The summed E-state index contributed by atoms with van der Waals surface area (Å²) in [5.41, 5.74) is 4.05. The molecule has 140 valence electrons. The van der Waals surface area contributed by atoms with Crippen molar-refractivity contribution in [3.63, 3.8) is 0 Å². The van der Waals surface area contributed by atoms with Crippen molar-refractivity contribution in [1.82, 2.24) is 9.97 Å². The summed E-state index contributed by atoms with van der Waals surface area (Å²) in [6, 6.07) is 19.7. The second-order valence-electron chi connectivity index (χ2n) is 6.15. The average molecular weight is 595 g/mol. The van der Waals surface area contributed by atoms with Crippen LogP contribution in [-0.4, -0.2) is 16.2 Å². The minimum absolute atomic E-state index is 0.222. The third-order valence-corrected chi connectivity index (χ3v) is 5.54. The van der Waals surface area contributed by atoms with Crippen LogP contribution >= 0.6 is 45.2 Å². The maximum Gasteiger partial charge on any atom is 0.323 e. The Hall–Kier alpha value is -2.14. The number of aliphatic imine (C=N–C) groups is 1. The van der Waals surface area contributed by atoms with E-state index in [0.29, 0.717) is 6.61 Å². The summed E-state index contributed by atoms with van der Waals surface area (Å²) in [5.74, 6) is 0.810. The zero-order chi connectivity index (χ0) is 19.5. The lowest BCUT2D eigenvalue weighted by Crippen LogP contribution is -2.01. The van der Waals surface area contributed by atoms with E-state index in [9.17, 15) is 4.79 Å². The molecule has 3 aromatic carbocycles. The minimum Gasteiger partial charge on any atom is -0.487 e. The van der Waals surface area contributed by atoms with Crippen molar-refractivity contribution in [2.45, 2.75) is 6.61 Å². The molecular weight excluding hydrogens is 580 g/mol. The Morgan fingerprint density at radius 1 is 0.964 bits per heavy atom. The van der Waals surface area contributed by atoms with Gasteiger partial charge in [-0.25, -0.2) is 4.79 Å². The van der Waals surface area contributed by atoms with Crippen LogP contribution < -0.4 is 10.4 Å². The van der Waals surface area contributed by atoms with Crippen molar-refractivity contribution in [2.24, 2.45) is 4.99 Å². The molecule has 0 saturated heterocycles. The number of aromatic nitrogens is 2. The molecule has 28 heavy (non-hydrogen) atoms. The lowest BCUT2D eigenvalue weighted by atomic mass is 10.2. The van der Waals surface area contributed by atoms with Crippen LogP contribution in [0.5, 0.6) is 5.75 Å². The van der Waals surface area contributed by atoms with E-state index >= 15 is 0 Å². The summed E-state index contributed by atoms with van der Waals surface area (Å²) < 4.78 is 8.26. The highest BCUT2D eigenvalue weighted by Crippen LogP contribution is 2.29. The molecule has 0 aliphatic carbocycles. The molecule has 0 saturated carbocycles. The van der Waals surface area contributed by atoms with Crippen molar-refractivity contribution in [2.75, 3.05) is 0 Å². The van der Waals surface area contributed by atoms with Gasteiger partial charge in [0.05, 0.1) is 20.3 Å². The van der Waals surface area contributed by atoms with Crippen LogP contribution in [-0.2, 0) is 6.61 Å². The van der Waals surface area contributed by atoms with Gasteiger partial charge in [-0.3, -0.25) is 4.99 Å². The van der Waals surface area contributed by atoms with Crippen molar-refractivity contribution in [3.8, 4) is 5.75 Å². The van der Waals surface area contributed by atoms with Crippen molar-refractivity contribution in [3.05, 3.63) is 89.4 Å². The zero-order valence-corrected chi connectivity index (χ0v) is 18.9. The largest absolute Gasteiger partial charge is 0.487 e. The molecule has 1 heterocycles. The molecule has 0 fully saturated rings. The predicted octanol–water partition coefficient (Wildman–Crippen LogP) is 5.40. The molecule has 4 aromatic rings. The topological polar surface area (TPSA) is 70.2 Å². The number of halogens is 2. The number of fused-ring (bicyclic) bond motifs is 1. The molecular formula is C21H15I2N3O2. The first-order chi connectivity index (χ1) is 13.6. The molecule has 0 spiro atoms. The van der Waals surface area contributed by atoms with Gasteiger partial charge in [-0.2, -0.15) is 0 Å². The molecule has 7 heteroatoms. The van der Waals surface area contributed by atoms with Crippen LogP contribution in [0.4, 0.5) is 5.69 Å². The fourth-order valence-electron chi connectivity index (χ4n) is 2.80. The first-order valence-electron chi connectivity index (χ1n) is 8.50. The van der Waals surface area contributed by atoms with E-state index in [0.717, 1.165) is 40.7 Å². The van der Waals surface area contributed by atoms with Gasteiger partial charge in [0, 0.05) is 15.3 Å². The van der Waals surface area contributed by atoms with Gasteiger partial charge in [-0.15, -0.1) is 0 Å². The van der Waals surface area contributed by atoms with Crippen molar-refractivity contribution < 1.29 is 4.74 Å². The fourth-order valence-corrected chi connectivity index (χ4v) is 4.85. The van der Waals surface area contributed by atoms with Gasteiger partial charge in [0.15, 0.2) is 0 Å². The van der Waals surface area contributed by atoms with Gasteiger partial charge in [-0.05, 0) is 81.1 Å². The number of ether oxygens (including phenoxy) is 1. The van der Waals surface area contributed by atoms with E-state index in [-0.39, 0.29) is 5.69 Å². The molecule has 0 amide bonds. The molecule has 0 aliphatic rings. The number of rotatable bonds is 5. The highest BCUT2D eigenvalue weighted by Gasteiger charge is 2.09. The summed E-state index contributed by atoms with van der Waals surface area (Å²) in [5, 5.41) is 0. The predicted molar refractivity (Wildman–Crippen MR) is 129 cm³/mol. The summed E-state index contributed by atoms with van der Waals surface area (Å²) in [4.78, 5) is 21.5. The SMILES string of the molecule is O=c1[nH]c2ccc(N=Cc3cc(I)cc(I)c3OCc3ccccc3)cc2[nH]1. The van der Waals surface area contributed by atoms with Gasteiger partial charge in [0.25, 0.3) is 0 Å². The lowest BCUT2D eigenvalue weighted by molar-refractivity contribution is 0.303. The highest BCUT2D eigenvalue weighted by molar-refractivity contribution is 14.1. The first kappa shape index (κ1) is 19.2. The molecule has 0 atom stereocenters. The van der Waals surface area contributed by atoms with E-state index in [4.69, 9.17) is 4.74 Å². The Morgan fingerprint density at radius 2 is 1.75 bits per heavy atom. The first-order valence-corrected chi connectivity index (χ1v) is 10.7. The molecule has 1 aromatic heterocycles. The maximum absolute atomic E-state index is 11.4. The summed E-state index contributed by atoms with van der Waals surface area (Å²) in [7, 11) is 0. The van der Waals surface area contributed by atoms with E-state index in [1.54, 1.807) is 6.21 Å². The normalized spacial score (nSPS) is 11.4. The van der Waals surface area contributed by atoms with Crippen LogP contribution in [0, 0.1) is 7.14 Å². The minimum atomic E-state index is -0.222. The second-order valence-corrected chi connectivity index (χ2v) is 8.56. The van der Waals surface area contributed by atoms with Gasteiger partial charge >= 0.3 is 5.69 Å². The molecule has 0 aliphatic heterocycles. The van der Waals surface area contributed by atoms with E-state index in [1.165, 1.54) is 0 Å². The molecule has 0 radical (unpaired) electrons. The van der Waals surface area contributed by atoms with E-state index < -0.39 is 0 Å². The van der Waals surface area contributed by atoms with Gasteiger partial charge in [-0.1, -0.05) is 30.3 Å². The number of hydrogen-bond acceptors (Lipinski definition) is 3. The van der Waals surface area contributed by atoms with Crippen molar-refractivity contribution >= 4 is 68.1 Å². The van der Waals surface area contributed by atoms with Crippen LogP contribution in [0.15, 0.2) is 70.5 Å². The number of imidazole rings is 1. The van der Waals surface area contributed by atoms with Crippen LogP contribution in [0.1, 0.15) is 11.1 Å². The Kier molecular flexibility index (Phi) is 5.81. The van der Waals surface area contributed by atoms with E-state index in [2.05, 4.69) is 66.2 Å². The Bertz CT molecular complexity index is 1210. The lowest BCUT2D eigenvalue weighted by Gasteiger charge is -2.12. The molecule has 4 rings (SSSR count). The van der Waals surface area contributed by atoms with Gasteiger partial charge < -0.3 is 14.7 Å². The third-order valence-electron chi connectivity index (χ3n) is 4.12. The number of benzene rings is 3. The molecule has 2 N–H and O–H groups in total. The zero-order valence-electron chi connectivity index (χ0n) is 14.6. The van der Waals surface area contributed by atoms with Gasteiger partial charge in [0.2, 0.25) is 0 Å². The average Bonchev–Trinajstić information content (AvgIpc) is 3.05. The second kappa shape index (κ2) is 8.48. The summed E-state index contributed by atoms with van der Waals surface area (Å²) in [6.07, 6.45) is 1.80. The standard InChI is InChI=1S/C21H15I2N3O2/c22-15-8-14(11-24-16-6-7-18-19(10-16)26-21(27)25-18)20(17(23)9-15)28-12-13-4-2-1-3-5-13/h1-11H,12H2,(H2,25,26,27). The highest BCUT2D eigenvalue weighted by atomic mass is 127. The fraction of sp³-hybridized carbons (Fsp3) is 0.0476. The smallest absolute Gasteiger partial charge is 0.323 e. The quantitative estimate of drug-likeness (QED) is 0.240. The van der Waals surface area contributed by atoms with E-state index in [1.807, 2.05) is 54.6 Å². The van der Waals surface area contributed by atoms with Crippen LogP contribution in [0.25, 0.3) is 11.0 Å². The Balaban J connectivity index is 1.63. The molecule has 5 nitrogen and oxygen atoms in total. The third kappa shape index (κ3) is 4.46. The number of hydrogen-bond donors (Lipinski definition) is 2. The summed E-state index contributed by atoms with van der Waals surface area (Å²) >= 11 is 4.58. The maximum atomic E-state index is 11.4. The monoisotopic (exact) mass is 595 g/mol. The number of H-pyrrole nitrogens is 2. The molecule has 0 unspecified atom stereocenters. The van der Waals surface area contributed by atoms with Crippen LogP contribution in [0.2, 0.25) is 0 Å². The number of nitrogens with zero attached hydrogens (tertiary/aromatic N) is 1. The Morgan fingerprint density at radius 3 is 2.57 bits per heavy atom. The Labute approximate surface area is 188 Å². The number of nitrogens with one attached hydrogen (secondary N) is 2. The van der Waals surface area contributed by atoms with Gasteiger partial charge in [0.1, 0.15) is 12.4 Å². The molecule has 0 bridgehead atoms. The van der Waals surface area contributed by atoms with Crippen molar-refractivity contribution in [1.29, 1.82) is 0 Å². The summed E-state index contributed by atoms with van der Waals surface area (Å²) in [6.45, 7) is 0.495.